The number of hydrogen-bond acceptors (Lipinski definition) is 1. The summed E-state index contributed by atoms with van der Waals surface area (Å²) in [6, 6.07) is 102. The molecule has 0 aliphatic heterocycles. The Bertz CT molecular complexity index is 3680. The molecule has 1 heteroatoms. The molecule has 14 rings (SSSR count). The summed E-state index contributed by atoms with van der Waals surface area (Å²) in [7, 11) is 0. The van der Waals surface area contributed by atoms with Crippen LogP contribution in [0.4, 0.5) is 17.1 Å². The minimum Gasteiger partial charge on any atom is -0.311 e. The van der Waals surface area contributed by atoms with Gasteiger partial charge in [-0.25, -0.2) is 0 Å². The monoisotopic (exact) mass is 875 g/mol. The van der Waals surface area contributed by atoms with Crippen LogP contribution >= 0.6 is 0 Å². The lowest BCUT2D eigenvalue weighted by Gasteiger charge is -2.48. The number of fused-ring (bicyclic) bond motifs is 16. The van der Waals surface area contributed by atoms with Gasteiger partial charge in [-0.3, -0.25) is 0 Å². The first-order valence-electron chi connectivity index (χ1n) is 24.1. The number of benzene rings is 11. The molecule has 0 saturated carbocycles. The summed E-state index contributed by atoms with van der Waals surface area (Å²) >= 11 is 0. The zero-order chi connectivity index (χ0) is 45.5. The van der Waals surface area contributed by atoms with Crippen LogP contribution in [0.1, 0.15) is 44.5 Å². The van der Waals surface area contributed by atoms with Crippen LogP contribution in [0, 0.1) is 0 Å². The highest BCUT2D eigenvalue weighted by atomic mass is 15.1. The molecule has 1 nitrogen and oxygen atoms in total. The molecule has 0 fully saturated rings. The summed E-state index contributed by atoms with van der Waals surface area (Å²) in [5.41, 5.74) is 25.6. The molecule has 0 saturated heterocycles. The molecule has 0 radical (unpaired) electrons. The van der Waals surface area contributed by atoms with Gasteiger partial charge in [-0.1, -0.05) is 231 Å². The molecule has 0 N–H and O–H groups in total. The smallest absolute Gasteiger partial charge is 0.0720 e. The van der Waals surface area contributed by atoms with Crippen molar-refractivity contribution < 1.29 is 0 Å². The van der Waals surface area contributed by atoms with Gasteiger partial charge in [0.2, 0.25) is 0 Å². The van der Waals surface area contributed by atoms with Crippen molar-refractivity contribution in [2.75, 3.05) is 4.90 Å². The fraction of sp³-hybridized carbons (Fsp3) is 0.0294. The van der Waals surface area contributed by atoms with E-state index in [9.17, 15) is 0 Å². The van der Waals surface area contributed by atoms with Crippen LogP contribution in [0.2, 0.25) is 0 Å². The Balaban J connectivity index is 0.902. The normalized spacial score (nSPS) is 13.7. The Morgan fingerprint density at radius 3 is 0.957 bits per heavy atom. The lowest BCUT2D eigenvalue weighted by molar-refractivity contribution is 0.633. The van der Waals surface area contributed by atoms with Crippen LogP contribution in [0.3, 0.4) is 0 Å². The van der Waals surface area contributed by atoms with Crippen molar-refractivity contribution in [1.82, 2.24) is 0 Å². The number of para-hydroxylation sites is 1. The van der Waals surface area contributed by atoms with E-state index in [0.29, 0.717) is 0 Å². The van der Waals surface area contributed by atoms with Crippen molar-refractivity contribution in [2.45, 2.75) is 10.8 Å². The maximum atomic E-state index is 2.51. The van der Waals surface area contributed by atoms with Gasteiger partial charge in [0.1, 0.15) is 0 Å². The summed E-state index contributed by atoms with van der Waals surface area (Å²) < 4.78 is 0. The molecule has 0 amide bonds. The van der Waals surface area contributed by atoms with Crippen molar-refractivity contribution in [2.24, 2.45) is 0 Å². The van der Waals surface area contributed by atoms with Gasteiger partial charge >= 0.3 is 0 Å². The molecule has 0 heterocycles. The van der Waals surface area contributed by atoms with E-state index >= 15 is 0 Å². The summed E-state index contributed by atoms with van der Waals surface area (Å²) in [4.78, 5) is 2.36. The topological polar surface area (TPSA) is 3.24 Å². The number of rotatable bonds is 6. The van der Waals surface area contributed by atoms with Gasteiger partial charge in [0, 0.05) is 17.1 Å². The zero-order valence-corrected chi connectivity index (χ0v) is 37.9. The Morgan fingerprint density at radius 1 is 0.188 bits per heavy atom. The van der Waals surface area contributed by atoms with Crippen molar-refractivity contribution in [3.8, 4) is 55.6 Å². The fourth-order valence-corrected chi connectivity index (χ4v) is 12.6. The lowest BCUT2D eigenvalue weighted by atomic mass is 9.52. The standard InChI is InChI=1S/C68H45N/c1-3-19-47(20-4-1)53-23-7-8-24-54(53)48-37-42-52(43-38-48)69(50-21-5-2-6-22-50)51-40-35-46(36-41-51)49-39-44-58-57-27-11-14-30-61(57)68(66(58)45-49)64-33-17-15-31-62(64)67(63-32-16-18-34-65(63)68)59-28-12-9-25-55(59)56-26-10-13-29-60(56)67/h1-45H. The van der Waals surface area contributed by atoms with Crippen LogP contribution in [0.25, 0.3) is 55.6 Å². The summed E-state index contributed by atoms with van der Waals surface area (Å²) in [6.07, 6.45) is 0. The number of anilines is 3. The zero-order valence-electron chi connectivity index (χ0n) is 37.9. The molecule has 3 aliphatic rings. The van der Waals surface area contributed by atoms with Crippen LogP contribution in [0.5, 0.6) is 0 Å². The maximum absolute atomic E-state index is 2.51. The van der Waals surface area contributed by atoms with E-state index in [1.165, 1.54) is 100 Å². The van der Waals surface area contributed by atoms with Gasteiger partial charge in [-0.15, -0.1) is 0 Å². The third kappa shape index (κ3) is 5.59. The van der Waals surface area contributed by atoms with E-state index in [-0.39, 0.29) is 0 Å². The van der Waals surface area contributed by atoms with Gasteiger partial charge in [0.05, 0.1) is 10.8 Å². The first-order valence-corrected chi connectivity index (χ1v) is 24.1. The molecular weight excluding hydrogens is 831 g/mol. The van der Waals surface area contributed by atoms with Crippen LogP contribution in [-0.2, 0) is 10.8 Å². The molecule has 0 atom stereocenters. The predicted molar refractivity (Wildman–Crippen MR) is 286 cm³/mol. The van der Waals surface area contributed by atoms with Gasteiger partial charge in [-0.2, -0.15) is 0 Å². The molecule has 0 aromatic heterocycles. The van der Waals surface area contributed by atoms with Gasteiger partial charge in [0.15, 0.2) is 0 Å². The van der Waals surface area contributed by atoms with Crippen molar-refractivity contribution in [1.29, 1.82) is 0 Å². The Hall–Kier alpha value is -8.78. The molecular formula is C68H45N. The third-order valence-electron chi connectivity index (χ3n) is 15.4. The minimum absolute atomic E-state index is 0.464. The van der Waals surface area contributed by atoms with Crippen LogP contribution < -0.4 is 4.90 Å². The Morgan fingerprint density at radius 2 is 0.493 bits per heavy atom. The number of nitrogens with zero attached hydrogens (tertiary/aromatic N) is 1. The average Bonchev–Trinajstić information content (AvgIpc) is 3.89. The molecule has 69 heavy (non-hydrogen) atoms. The van der Waals surface area contributed by atoms with Crippen molar-refractivity contribution in [3.63, 3.8) is 0 Å². The summed E-state index contributed by atoms with van der Waals surface area (Å²) in [5.74, 6) is 0. The quantitative estimate of drug-likeness (QED) is 0.161. The Kier molecular flexibility index (Phi) is 8.78. The van der Waals surface area contributed by atoms with Gasteiger partial charge in [0.25, 0.3) is 0 Å². The van der Waals surface area contributed by atoms with E-state index in [1.54, 1.807) is 0 Å². The maximum Gasteiger partial charge on any atom is 0.0720 e. The summed E-state index contributed by atoms with van der Waals surface area (Å²) in [6.45, 7) is 0. The number of hydrogen-bond donors (Lipinski definition) is 0. The molecule has 3 aliphatic carbocycles. The van der Waals surface area contributed by atoms with E-state index in [1.807, 2.05) is 0 Å². The second-order valence-electron chi connectivity index (χ2n) is 18.7. The van der Waals surface area contributed by atoms with Crippen molar-refractivity contribution >= 4 is 17.1 Å². The molecule has 11 aromatic carbocycles. The Labute approximate surface area is 403 Å². The highest BCUT2D eigenvalue weighted by Gasteiger charge is 2.58. The first-order chi connectivity index (χ1) is 34.2. The SMILES string of the molecule is c1ccc(-c2ccccc2-c2ccc(N(c3ccccc3)c3ccc(-c4ccc5c(c4)C4(c6ccccc6-5)c5ccccc5C5(c6ccccc6-c6ccccc65)c5ccccc54)cc3)cc2)cc1. The second kappa shape index (κ2) is 15.4. The van der Waals surface area contributed by atoms with E-state index in [4.69, 9.17) is 0 Å². The molecule has 11 aromatic rings. The van der Waals surface area contributed by atoms with E-state index in [2.05, 4.69) is 278 Å². The average molecular weight is 876 g/mol. The van der Waals surface area contributed by atoms with Crippen LogP contribution in [-0.4, -0.2) is 0 Å². The van der Waals surface area contributed by atoms with Gasteiger partial charge in [-0.05, 0) is 143 Å². The minimum atomic E-state index is -0.537. The van der Waals surface area contributed by atoms with E-state index in [0.717, 1.165) is 17.1 Å². The van der Waals surface area contributed by atoms with E-state index < -0.39 is 10.8 Å². The lowest BCUT2D eigenvalue weighted by Crippen LogP contribution is -2.43. The second-order valence-corrected chi connectivity index (χ2v) is 18.7. The third-order valence-corrected chi connectivity index (χ3v) is 15.4. The van der Waals surface area contributed by atoms with Gasteiger partial charge < -0.3 is 4.90 Å². The highest BCUT2D eigenvalue weighted by molar-refractivity contribution is 5.95. The van der Waals surface area contributed by atoms with Crippen LogP contribution in [0.15, 0.2) is 273 Å². The molecule has 2 spiro atoms. The molecule has 0 bridgehead atoms. The summed E-state index contributed by atoms with van der Waals surface area (Å²) in [5, 5.41) is 0. The largest absolute Gasteiger partial charge is 0.311 e. The molecule has 0 unspecified atom stereocenters. The molecule has 322 valence electrons. The fourth-order valence-electron chi connectivity index (χ4n) is 12.6. The highest BCUT2D eigenvalue weighted by Crippen LogP contribution is 2.67. The first kappa shape index (κ1) is 39.4. The predicted octanol–water partition coefficient (Wildman–Crippen LogP) is 17.2. The van der Waals surface area contributed by atoms with Crippen molar-refractivity contribution in [3.05, 3.63) is 317 Å².